The second-order valence-corrected chi connectivity index (χ2v) is 6.91. The summed E-state index contributed by atoms with van der Waals surface area (Å²) in [6.07, 6.45) is -0.191. The highest BCUT2D eigenvalue weighted by Gasteiger charge is 2.47. The van der Waals surface area contributed by atoms with E-state index in [0.29, 0.717) is 27.6 Å². The topological polar surface area (TPSA) is 83.8 Å². The van der Waals surface area contributed by atoms with Crippen LogP contribution in [0.1, 0.15) is 52.6 Å². The highest BCUT2D eigenvalue weighted by Crippen LogP contribution is 2.56. The number of hydrogen-bond acceptors (Lipinski definition) is 5. The third-order valence-electron chi connectivity index (χ3n) is 5.30. The lowest BCUT2D eigenvalue weighted by Gasteiger charge is -2.23. The number of Topliss-reactive ketones (excluding diaryl/α,β-unsaturated/α-hetero) is 2. The highest BCUT2D eigenvalue weighted by molar-refractivity contribution is 6.58. The Labute approximate surface area is 132 Å². The molecule has 118 valence electrons. The van der Waals surface area contributed by atoms with Crippen LogP contribution in [-0.2, 0) is 5.41 Å². The Morgan fingerprint density at radius 2 is 1.70 bits per heavy atom. The Balaban J connectivity index is 2.32. The molecule has 5 nitrogen and oxygen atoms in total. The second kappa shape index (κ2) is 3.85. The molecule has 0 aromatic heterocycles. The normalized spacial score (nSPS) is 21.0. The zero-order valence-corrected chi connectivity index (χ0v) is 13.3. The number of carbonyl (C=O) groups excluding carboxylic acids is 2. The van der Waals surface area contributed by atoms with Crippen molar-refractivity contribution in [2.24, 2.45) is 0 Å². The number of fused-ring (bicyclic) bond motifs is 2. The fourth-order valence-electron chi connectivity index (χ4n) is 3.74. The first kappa shape index (κ1) is 14.1. The smallest absolute Gasteiger partial charge is 0.238 e. The number of carbonyl (C=O) groups is 2. The van der Waals surface area contributed by atoms with E-state index < -0.39 is 17.0 Å². The van der Waals surface area contributed by atoms with Crippen LogP contribution >= 0.6 is 0 Å². The molecule has 2 N–H and O–H groups in total. The van der Waals surface area contributed by atoms with E-state index in [1.54, 1.807) is 6.92 Å². The average Bonchev–Trinajstić information content (AvgIpc) is 2.83. The van der Waals surface area contributed by atoms with Crippen molar-refractivity contribution < 1.29 is 24.5 Å². The highest BCUT2D eigenvalue weighted by atomic mass is 16.5. The van der Waals surface area contributed by atoms with Gasteiger partial charge in [0.1, 0.15) is 23.4 Å². The van der Waals surface area contributed by atoms with Gasteiger partial charge in [-0.05, 0) is 25.5 Å². The average molecular weight is 312 g/mol. The van der Waals surface area contributed by atoms with Crippen LogP contribution in [-0.4, -0.2) is 27.9 Å². The maximum atomic E-state index is 12.4. The molecular formula is C18H16O5. The van der Waals surface area contributed by atoms with Gasteiger partial charge in [-0.25, -0.2) is 0 Å². The van der Waals surface area contributed by atoms with E-state index in [0.717, 1.165) is 0 Å². The van der Waals surface area contributed by atoms with E-state index in [9.17, 15) is 19.8 Å². The van der Waals surface area contributed by atoms with Crippen LogP contribution in [0, 0.1) is 6.92 Å². The van der Waals surface area contributed by atoms with Gasteiger partial charge in [-0.2, -0.15) is 0 Å². The molecule has 0 saturated heterocycles. The molecule has 1 unspecified atom stereocenters. The van der Waals surface area contributed by atoms with Gasteiger partial charge in [0.05, 0.1) is 11.1 Å². The summed E-state index contributed by atoms with van der Waals surface area (Å²) in [4.78, 5) is 24.6. The molecule has 0 amide bonds. The number of benzene rings is 2. The summed E-state index contributed by atoms with van der Waals surface area (Å²) < 4.78 is 5.98. The number of hydrogen-bond donors (Lipinski definition) is 2. The van der Waals surface area contributed by atoms with Crippen LogP contribution in [0.3, 0.4) is 0 Å². The molecule has 5 heteroatoms. The van der Waals surface area contributed by atoms with E-state index in [1.165, 1.54) is 6.07 Å². The first-order valence-electron chi connectivity index (χ1n) is 7.49. The SMILES string of the molecule is Cc1cc(O)c2c3c(c(O)c4c(c13)OC(C)C4(C)C)C(=O)C2=O. The quantitative estimate of drug-likeness (QED) is 0.731. The summed E-state index contributed by atoms with van der Waals surface area (Å²) in [5, 5.41) is 21.8. The van der Waals surface area contributed by atoms with Crippen molar-refractivity contribution in [1.29, 1.82) is 0 Å². The van der Waals surface area contributed by atoms with Gasteiger partial charge >= 0.3 is 0 Å². The first-order valence-corrected chi connectivity index (χ1v) is 7.49. The van der Waals surface area contributed by atoms with E-state index in [1.807, 2.05) is 20.8 Å². The Bertz CT molecular complexity index is 952. The summed E-state index contributed by atoms with van der Waals surface area (Å²) in [6.45, 7) is 7.55. The number of aromatic hydroxyl groups is 2. The van der Waals surface area contributed by atoms with Crippen LogP contribution in [0.2, 0.25) is 0 Å². The third kappa shape index (κ3) is 1.38. The summed E-state index contributed by atoms with van der Waals surface area (Å²) in [5.74, 6) is -1.51. The number of aryl methyl sites for hydroxylation is 1. The second-order valence-electron chi connectivity index (χ2n) is 6.91. The van der Waals surface area contributed by atoms with E-state index in [2.05, 4.69) is 0 Å². The van der Waals surface area contributed by atoms with E-state index in [4.69, 9.17) is 4.74 Å². The fourth-order valence-corrected chi connectivity index (χ4v) is 3.74. The number of ether oxygens (including phenoxy) is 1. The van der Waals surface area contributed by atoms with Crippen molar-refractivity contribution in [2.75, 3.05) is 0 Å². The summed E-state index contributed by atoms with van der Waals surface area (Å²) in [6, 6.07) is 1.47. The number of rotatable bonds is 0. The van der Waals surface area contributed by atoms with Crippen LogP contribution in [0.5, 0.6) is 17.2 Å². The van der Waals surface area contributed by atoms with Gasteiger partial charge in [0.25, 0.3) is 0 Å². The minimum atomic E-state index is -0.785. The largest absolute Gasteiger partial charge is 0.507 e. The van der Waals surface area contributed by atoms with Crippen LogP contribution in [0.15, 0.2) is 6.07 Å². The number of phenols is 2. The Kier molecular flexibility index (Phi) is 2.35. The predicted molar refractivity (Wildman–Crippen MR) is 83.8 cm³/mol. The summed E-state index contributed by atoms with van der Waals surface area (Å²) in [5.41, 5.74) is 0.704. The summed E-state index contributed by atoms with van der Waals surface area (Å²) in [7, 11) is 0. The molecule has 0 spiro atoms. The van der Waals surface area contributed by atoms with Gasteiger partial charge < -0.3 is 14.9 Å². The Morgan fingerprint density at radius 3 is 2.35 bits per heavy atom. The lowest BCUT2D eigenvalue weighted by Crippen LogP contribution is -2.29. The molecule has 1 aliphatic carbocycles. The first-order chi connectivity index (χ1) is 10.7. The van der Waals surface area contributed by atoms with Crippen molar-refractivity contribution in [3.63, 3.8) is 0 Å². The number of phenolic OH excluding ortho intramolecular Hbond substituents is 2. The zero-order chi connectivity index (χ0) is 16.8. The minimum Gasteiger partial charge on any atom is -0.507 e. The maximum absolute atomic E-state index is 12.4. The molecule has 0 fully saturated rings. The fraction of sp³-hybridized carbons (Fsp3) is 0.333. The van der Waals surface area contributed by atoms with Gasteiger partial charge in [0.15, 0.2) is 0 Å². The van der Waals surface area contributed by atoms with Crippen LogP contribution < -0.4 is 4.74 Å². The van der Waals surface area contributed by atoms with Crippen LogP contribution in [0.4, 0.5) is 0 Å². The van der Waals surface area contributed by atoms with Crippen LogP contribution in [0.25, 0.3) is 10.8 Å². The van der Waals surface area contributed by atoms with Gasteiger partial charge in [-0.15, -0.1) is 0 Å². The van der Waals surface area contributed by atoms with Crippen molar-refractivity contribution in [3.05, 3.63) is 28.3 Å². The zero-order valence-electron chi connectivity index (χ0n) is 13.3. The molecule has 0 bridgehead atoms. The Hall–Kier alpha value is -2.56. The molecule has 1 atom stereocenters. The van der Waals surface area contributed by atoms with Crippen molar-refractivity contribution in [1.82, 2.24) is 0 Å². The summed E-state index contributed by atoms with van der Waals surface area (Å²) >= 11 is 0. The van der Waals surface area contributed by atoms with Gasteiger partial charge in [0, 0.05) is 21.8 Å². The van der Waals surface area contributed by atoms with E-state index >= 15 is 0 Å². The van der Waals surface area contributed by atoms with E-state index in [-0.39, 0.29) is 28.7 Å². The molecule has 1 aliphatic heterocycles. The van der Waals surface area contributed by atoms with Crippen molar-refractivity contribution in [3.8, 4) is 17.2 Å². The molecule has 4 rings (SSSR count). The van der Waals surface area contributed by atoms with Crippen molar-refractivity contribution in [2.45, 2.75) is 39.2 Å². The number of ketones is 2. The third-order valence-corrected chi connectivity index (χ3v) is 5.30. The molecule has 2 aromatic rings. The molecule has 2 aromatic carbocycles. The van der Waals surface area contributed by atoms with Gasteiger partial charge in [-0.1, -0.05) is 13.8 Å². The Morgan fingerprint density at radius 1 is 1.09 bits per heavy atom. The predicted octanol–water partition coefficient (Wildman–Crippen LogP) is 3.00. The van der Waals surface area contributed by atoms with Gasteiger partial charge in [-0.3, -0.25) is 9.59 Å². The molecule has 0 radical (unpaired) electrons. The molecule has 1 heterocycles. The molecule has 23 heavy (non-hydrogen) atoms. The standard InChI is InChI=1S/C18H16O5/c1-6-5-8(19)10-11-9(6)17-13(18(3,4)7(2)23-17)14(20)12(11)16(22)15(10)21/h5,7,19-20H,1-4H3. The molecule has 0 saturated carbocycles. The lowest BCUT2D eigenvalue weighted by molar-refractivity contribution is 0.0822. The van der Waals surface area contributed by atoms with Crippen molar-refractivity contribution >= 4 is 22.3 Å². The molecule has 2 aliphatic rings. The molecular weight excluding hydrogens is 296 g/mol. The lowest BCUT2D eigenvalue weighted by atomic mass is 9.79. The monoisotopic (exact) mass is 312 g/mol. The maximum Gasteiger partial charge on any atom is 0.238 e. The van der Waals surface area contributed by atoms with Gasteiger partial charge in [0.2, 0.25) is 11.6 Å². The minimum absolute atomic E-state index is 0.0106.